The van der Waals surface area contributed by atoms with Crippen LogP contribution in [-0.4, -0.2) is 15.3 Å². The lowest BCUT2D eigenvalue weighted by atomic mass is 10.0. The van der Waals surface area contributed by atoms with E-state index in [0.29, 0.717) is 16.8 Å². The van der Waals surface area contributed by atoms with Gasteiger partial charge in [0.25, 0.3) is 11.5 Å². The Morgan fingerprint density at radius 1 is 1.03 bits per heavy atom. The fourth-order valence-electron chi connectivity index (χ4n) is 3.42. The van der Waals surface area contributed by atoms with Crippen molar-refractivity contribution in [1.29, 1.82) is 0 Å². The number of aromatic nitrogens is 2. The third-order valence-electron chi connectivity index (χ3n) is 5.40. The summed E-state index contributed by atoms with van der Waals surface area (Å²) < 4.78 is 14.8. The Morgan fingerprint density at radius 2 is 1.77 bits per heavy atom. The van der Waals surface area contributed by atoms with Gasteiger partial charge in [0, 0.05) is 12.4 Å². The molecule has 4 aromatic rings. The maximum absolute atomic E-state index is 13.1. The molecule has 152 valence electrons. The van der Waals surface area contributed by atoms with Crippen LogP contribution in [0.2, 0.25) is 0 Å². The van der Waals surface area contributed by atoms with Gasteiger partial charge in [-0.25, -0.2) is 4.39 Å². The van der Waals surface area contributed by atoms with Crippen LogP contribution >= 0.6 is 0 Å². The molecule has 0 aliphatic carbocycles. The van der Waals surface area contributed by atoms with Gasteiger partial charge in [0.15, 0.2) is 0 Å². The molecule has 0 aliphatic heterocycles. The van der Waals surface area contributed by atoms with Crippen molar-refractivity contribution in [2.24, 2.45) is 0 Å². The summed E-state index contributed by atoms with van der Waals surface area (Å²) in [7, 11) is 0. The van der Waals surface area contributed by atoms with E-state index < -0.39 is 0 Å². The first-order valence-corrected chi connectivity index (χ1v) is 9.71. The standard InChI is InChI=1S/C24H22FN3O2/c1-14-4-5-18(10-15(14)2)21-13-28-12-19(11-22(28)24(30)27-21)23(29)26-16(3)17-6-8-20(25)9-7-17/h4-13,16H,1-3H3,(H,26,29)(H,27,30)/t16-/m0/s1. The molecule has 2 aromatic carbocycles. The van der Waals surface area contributed by atoms with Crippen LogP contribution in [0.4, 0.5) is 4.39 Å². The number of fused-ring (bicyclic) bond motifs is 1. The minimum Gasteiger partial charge on any atom is -0.345 e. The van der Waals surface area contributed by atoms with Crippen molar-refractivity contribution in [1.82, 2.24) is 14.7 Å². The molecule has 30 heavy (non-hydrogen) atoms. The van der Waals surface area contributed by atoms with Crippen molar-refractivity contribution in [3.05, 3.63) is 99.3 Å². The number of benzene rings is 2. The van der Waals surface area contributed by atoms with Crippen LogP contribution in [0.3, 0.4) is 0 Å². The van der Waals surface area contributed by atoms with Gasteiger partial charge in [-0.1, -0.05) is 24.3 Å². The molecule has 0 aliphatic rings. The number of amides is 1. The van der Waals surface area contributed by atoms with Gasteiger partial charge in [0.05, 0.1) is 17.3 Å². The zero-order valence-corrected chi connectivity index (χ0v) is 17.0. The van der Waals surface area contributed by atoms with Crippen LogP contribution in [-0.2, 0) is 0 Å². The van der Waals surface area contributed by atoms with Crippen LogP contribution in [0.25, 0.3) is 16.8 Å². The maximum atomic E-state index is 13.1. The second kappa shape index (κ2) is 7.63. The predicted octanol–water partition coefficient (Wildman–Crippen LogP) is 4.54. The van der Waals surface area contributed by atoms with Gasteiger partial charge in [0.1, 0.15) is 11.3 Å². The minimum absolute atomic E-state index is 0.267. The second-order valence-corrected chi connectivity index (χ2v) is 7.56. The number of aromatic amines is 1. The quantitative estimate of drug-likeness (QED) is 0.525. The van der Waals surface area contributed by atoms with E-state index in [9.17, 15) is 14.0 Å². The van der Waals surface area contributed by atoms with Crippen molar-refractivity contribution < 1.29 is 9.18 Å². The van der Waals surface area contributed by atoms with Crippen molar-refractivity contribution >= 4 is 11.4 Å². The molecule has 0 saturated heterocycles. The minimum atomic E-state index is -0.324. The molecule has 0 radical (unpaired) electrons. The summed E-state index contributed by atoms with van der Waals surface area (Å²) in [5, 5.41) is 2.89. The number of H-pyrrole nitrogens is 1. The van der Waals surface area contributed by atoms with Crippen LogP contribution in [0.15, 0.2) is 65.7 Å². The highest BCUT2D eigenvalue weighted by Gasteiger charge is 2.15. The molecular weight excluding hydrogens is 381 g/mol. The summed E-state index contributed by atoms with van der Waals surface area (Å²) in [6.07, 6.45) is 3.45. The van der Waals surface area contributed by atoms with Crippen molar-refractivity contribution in [2.45, 2.75) is 26.8 Å². The summed E-state index contributed by atoms with van der Waals surface area (Å²) in [6, 6.07) is 13.2. The number of carbonyl (C=O) groups excluding carboxylic acids is 1. The van der Waals surface area contributed by atoms with E-state index in [1.165, 1.54) is 17.7 Å². The lowest BCUT2D eigenvalue weighted by molar-refractivity contribution is 0.0940. The number of nitrogens with one attached hydrogen (secondary N) is 2. The third kappa shape index (κ3) is 3.76. The normalized spacial score (nSPS) is 12.1. The predicted molar refractivity (Wildman–Crippen MR) is 115 cm³/mol. The smallest absolute Gasteiger partial charge is 0.272 e. The molecule has 1 amide bonds. The van der Waals surface area contributed by atoms with Crippen LogP contribution in [0.5, 0.6) is 0 Å². The molecule has 0 spiro atoms. The Bertz CT molecular complexity index is 1300. The first kappa shape index (κ1) is 19.6. The number of rotatable bonds is 4. The fourth-order valence-corrected chi connectivity index (χ4v) is 3.42. The first-order chi connectivity index (χ1) is 14.3. The molecule has 2 aromatic heterocycles. The van der Waals surface area contributed by atoms with E-state index in [-0.39, 0.29) is 23.3 Å². The molecule has 2 heterocycles. The number of halogens is 1. The number of nitrogens with zero attached hydrogens (tertiary/aromatic N) is 1. The van der Waals surface area contributed by atoms with E-state index in [2.05, 4.69) is 10.3 Å². The van der Waals surface area contributed by atoms with Crippen LogP contribution in [0.1, 0.15) is 40.0 Å². The van der Waals surface area contributed by atoms with E-state index in [4.69, 9.17) is 0 Å². The molecule has 0 fully saturated rings. The van der Waals surface area contributed by atoms with E-state index >= 15 is 0 Å². The second-order valence-electron chi connectivity index (χ2n) is 7.56. The van der Waals surface area contributed by atoms with E-state index in [0.717, 1.165) is 16.7 Å². The first-order valence-electron chi connectivity index (χ1n) is 9.71. The molecule has 6 heteroatoms. The number of hydrogen-bond donors (Lipinski definition) is 2. The third-order valence-corrected chi connectivity index (χ3v) is 5.40. The summed E-state index contributed by atoms with van der Waals surface area (Å²) in [5.41, 5.74) is 5.20. The molecule has 4 rings (SSSR count). The number of hydrogen-bond acceptors (Lipinski definition) is 2. The molecule has 0 saturated carbocycles. The number of carbonyl (C=O) groups is 1. The Hall–Kier alpha value is -3.67. The van der Waals surface area contributed by atoms with Crippen LogP contribution < -0.4 is 10.9 Å². The highest BCUT2D eigenvalue weighted by molar-refractivity contribution is 5.95. The Kier molecular flexibility index (Phi) is 4.99. The Balaban J connectivity index is 1.63. The fraction of sp³-hybridized carbons (Fsp3) is 0.167. The SMILES string of the molecule is Cc1ccc(-c2cn3cc(C(=O)N[C@@H](C)c4ccc(F)cc4)cc3c(=O)[nH]2)cc1C. The van der Waals surface area contributed by atoms with Gasteiger partial charge < -0.3 is 14.7 Å². The summed E-state index contributed by atoms with van der Waals surface area (Å²) in [6.45, 7) is 5.89. The highest BCUT2D eigenvalue weighted by Crippen LogP contribution is 2.21. The zero-order chi connectivity index (χ0) is 21.4. The monoisotopic (exact) mass is 403 g/mol. The van der Waals surface area contributed by atoms with Gasteiger partial charge in [-0.15, -0.1) is 0 Å². The molecule has 5 nitrogen and oxygen atoms in total. The van der Waals surface area contributed by atoms with E-state index in [1.54, 1.807) is 35.0 Å². The van der Waals surface area contributed by atoms with E-state index in [1.807, 2.05) is 39.0 Å². The number of aryl methyl sites for hydroxylation is 2. The largest absolute Gasteiger partial charge is 0.345 e. The van der Waals surface area contributed by atoms with Crippen molar-refractivity contribution in [2.75, 3.05) is 0 Å². The average molecular weight is 403 g/mol. The molecule has 0 bridgehead atoms. The van der Waals surface area contributed by atoms with Gasteiger partial charge in [-0.3, -0.25) is 9.59 Å². The molecule has 0 unspecified atom stereocenters. The average Bonchev–Trinajstić information content (AvgIpc) is 3.15. The highest BCUT2D eigenvalue weighted by atomic mass is 19.1. The van der Waals surface area contributed by atoms with Gasteiger partial charge in [0.2, 0.25) is 0 Å². The van der Waals surface area contributed by atoms with Crippen molar-refractivity contribution in [3.8, 4) is 11.3 Å². The van der Waals surface area contributed by atoms with Crippen molar-refractivity contribution in [3.63, 3.8) is 0 Å². The summed E-state index contributed by atoms with van der Waals surface area (Å²) in [5.74, 6) is -0.627. The zero-order valence-electron chi connectivity index (χ0n) is 17.0. The lowest BCUT2D eigenvalue weighted by Gasteiger charge is -2.13. The Morgan fingerprint density at radius 3 is 2.47 bits per heavy atom. The summed E-state index contributed by atoms with van der Waals surface area (Å²) in [4.78, 5) is 28.2. The lowest BCUT2D eigenvalue weighted by Crippen LogP contribution is -2.26. The van der Waals surface area contributed by atoms with Gasteiger partial charge in [-0.2, -0.15) is 0 Å². The summed E-state index contributed by atoms with van der Waals surface area (Å²) >= 11 is 0. The molecular formula is C24H22FN3O2. The topological polar surface area (TPSA) is 66.4 Å². The Labute approximate surface area is 173 Å². The maximum Gasteiger partial charge on any atom is 0.272 e. The van der Waals surface area contributed by atoms with Gasteiger partial charge >= 0.3 is 0 Å². The molecule has 1 atom stereocenters. The molecule has 2 N–H and O–H groups in total. The van der Waals surface area contributed by atoms with Gasteiger partial charge in [-0.05, 0) is 67.3 Å². The van der Waals surface area contributed by atoms with Crippen LogP contribution in [0, 0.1) is 19.7 Å².